The van der Waals surface area contributed by atoms with Crippen LogP contribution in [0.15, 0.2) is 48.5 Å². The zero-order chi connectivity index (χ0) is 16.9. The van der Waals surface area contributed by atoms with E-state index in [0.29, 0.717) is 24.3 Å². The molecule has 0 aliphatic carbocycles. The highest BCUT2D eigenvalue weighted by molar-refractivity contribution is 5.95. The zero-order valence-electron chi connectivity index (χ0n) is 13.4. The van der Waals surface area contributed by atoms with Gasteiger partial charge in [-0.2, -0.15) is 0 Å². The monoisotopic (exact) mass is 325 g/mol. The lowest BCUT2D eigenvalue weighted by Crippen LogP contribution is -2.24. The minimum Gasteiger partial charge on any atom is -0.491 e. The Hall–Kier alpha value is -2.73. The van der Waals surface area contributed by atoms with E-state index in [0.717, 1.165) is 11.0 Å². The first-order chi connectivity index (χ1) is 11.7. The van der Waals surface area contributed by atoms with Crippen molar-refractivity contribution in [2.45, 2.75) is 26.0 Å². The number of carbonyl (C=O) groups is 1. The molecule has 1 aromatic heterocycles. The largest absolute Gasteiger partial charge is 0.491 e. The Labute approximate surface area is 139 Å². The van der Waals surface area contributed by atoms with Gasteiger partial charge in [0.1, 0.15) is 24.0 Å². The minimum absolute atomic E-state index is 0.0969. The number of hydrogen-bond donors (Lipinski definition) is 1. The van der Waals surface area contributed by atoms with Gasteiger partial charge in [-0.1, -0.05) is 24.3 Å². The molecule has 0 saturated carbocycles. The van der Waals surface area contributed by atoms with Crippen LogP contribution in [0.3, 0.4) is 0 Å². The number of hydrogen-bond acceptors (Lipinski definition) is 5. The quantitative estimate of drug-likeness (QED) is 0.675. The van der Waals surface area contributed by atoms with Gasteiger partial charge < -0.3 is 9.84 Å². The van der Waals surface area contributed by atoms with Crippen LogP contribution < -0.4 is 4.74 Å². The molecule has 0 aliphatic heterocycles. The summed E-state index contributed by atoms with van der Waals surface area (Å²) in [6.07, 6.45) is -0.239. The number of carbonyl (C=O) groups excluding carboxylic acids is 1. The first-order valence-electron chi connectivity index (χ1n) is 7.89. The summed E-state index contributed by atoms with van der Waals surface area (Å²) in [7, 11) is 0. The van der Waals surface area contributed by atoms with E-state index in [1.165, 1.54) is 0 Å². The van der Waals surface area contributed by atoms with Crippen LogP contribution in [0.5, 0.6) is 5.75 Å². The standard InChI is InChI=1S/C18H19N3O3/c1-2-18(23)13-7-9-15(10-8-13)24-12-14(22)11-21-17-6-4-3-5-16(17)19-20-21/h3-10,14,22H,2,11-12H2,1H3/t14-/m0/s1. The maximum absolute atomic E-state index is 11.6. The number of rotatable bonds is 7. The molecular formula is C18H19N3O3. The molecule has 0 aliphatic rings. The van der Waals surface area contributed by atoms with Gasteiger partial charge in [0.15, 0.2) is 5.78 Å². The molecule has 0 saturated heterocycles. The Morgan fingerprint density at radius 2 is 1.96 bits per heavy atom. The SMILES string of the molecule is CCC(=O)c1ccc(OC[C@@H](O)Cn2nnc3ccccc32)cc1. The van der Waals surface area contributed by atoms with Crippen LogP contribution in [0.2, 0.25) is 0 Å². The lowest BCUT2D eigenvalue weighted by Gasteiger charge is -2.13. The van der Waals surface area contributed by atoms with Gasteiger partial charge in [0.2, 0.25) is 0 Å². The maximum Gasteiger partial charge on any atom is 0.162 e. The Bertz CT molecular complexity index is 827. The van der Waals surface area contributed by atoms with Crippen LogP contribution >= 0.6 is 0 Å². The molecule has 0 bridgehead atoms. The fraction of sp³-hybridized carbons (Fsp3) is 0.278. The van der Waals surface area contributed by atoms with E-state index >= 15 is 0 Å². The third kappa shape index (κ3) is 3.60. The summed E-state index contributed by atoms with van der Waals surface area (Å²) in [6.45, 7) is 2.26. The van der Waals surface area contributed by atoms with Crippen molar-refractivity contribution in [1.82, 2.24) is 15.0 Å². The van der Waals surface area contributed by atoms with E-state index in [1.807, 2.05) is 31.2 Å². The minimum atomic E-state index is -0.716. The lowest BCUT2D eigenvalue weighted by molar-refractivity contribution is 0.0898. The van der Waals surface area contributed by atoms with Crippen molar-refractivity contribution in [2.24, 2.45) is 0 Å². The number of ether oxygens (including phenoxy) is 1. The molecule has 1 atom stereocenters. The van der Waals surface area contributed by atoms with Gasteiger partial charge in [0.25, 0.3) is 0 Å². The van der Waals surface area contributed by atoms with Gasteiger partial charge in [0.05, 0.1) is 12.1 Å². The van der Waals surface area contributed by atoms with E-state index in [1.54, 1.807) is 28.9 Å². The summed E-state index contributed by atoms with van der Waals surface area (Å²) in [5.74, 6) is 0.713. The fourth-order valence-electron chi connectivity index (χ4n) is 2.44. The maximum atomic E-state index is 11.6. The molecule has 2 aromatic carbocycles. The number of aliphatic hydroxyl groups excluding tert-OH is 1. The van der Waals surface area contributed by atoms with Crippen LogP contribution in [-0.2, 0) is 6.54 Å². The molecule has 6 nitrogen and oxygen atoms in total. The average molecular weight is 325 g/mol. The van der Waals surface area contributed by atoms with Crippen molar-refractivity contribution in [1.29, 1.82) is 0 Å². The van der Waals surface area contributed by atoms with Crippen molar-refractivity contribution in [3.63, 3.8) is 0 Å². The number of aliphatic hydroxyl groups is 1. The molecule has 0 spiro atoms. The van der Waals surface area contributed by atoms with Gasteiger partial charge in [-0.05, 0) is 36.4 Å². The molecule has 24 heavy (non-hydrogen) atoms. The number of aromatic nitrogens is 3. The fourth-order valence-corrected chi connectivity index (χ4v) is 2.44. The van der Waals surface area contributed by atoms with Gasteiger partial charge in [-0.15, -0.1) is 5.10 Å². The first kappa shape index (κ1) is 16.1. The predicted octanol–water partition coefficient (Wildman–Crippen LogP) is 2.46. The summed E-state index contributed by atoms with van der Waals surface area (Å²) in [5, 5.41) is 18.3. The normalized spacial score (nSPS) is 12.2. The van der Waals surface area contributed by atoms with Gasteiger partial charge >= 0.3 is 0 Å². The summed E-state index contributed by atoms with van der Waals surface area (Å²) in [5.41, 5.74) is 2.33. The molecule has 3 aromatic rings. The molecule has 1 heterocycles. The number of ketones is 1. The van der Waals surface area contributed by atoms with Crippen molar-refractivity contribution in [3.8, 4) is 5.75 Å². The smallest absolute Gasteiger partial charge is 0.162 e. The van der Waals surface area contributed by atoms with Crippen LogP contribution in [0, 0.1) is 0 Å². The lowest BCUT2D eigenvalue weighted by atomic mass is 10.1. The Morgan fingerprint density at radius 3 is 2.71 bits per heavy atom. The molecule has 0 unspecified atom stereocenters. The van der Waals surface area contributed by atoms with Gasteiger partial charge in [-0.25, -0.2) is 4.68 Å². The van der Waals surface area contributed by atoms with E-state index in [4.69, 9.17) is 4.74 Å². The highest BCUT2D eigenvalue weighted by atomic mass is 16.5. The molecule has 6 heteroatoms. The Balaban J connectivity index is 1.57. The first-order valence-corrected chi connectivity index (χ1v) is 7.89. The third-order valence-electron chi connectivity index (χ3n) is 3.74. The van der Waals surface area contributed by atoms with Crippen LogP contribution in [0.1, 0.15) is 23.7 Å². The number of fused-ring (bicyclic) bond motifs is 1. The molecule has 0 fully saturated rings. The van der Waals surface area contributed by atoms with Crippen LogP contribution in [-0.4, -0.2) is 38.6 Å². The number of para-hydroxylation sites is 1. The zero-order valence-corrected chi connectivity index (χ0v) is 13.4. The molecule has 1 N–H and O–H groups in total. The second-order valence-corrected chi connectivity index (χ2v) is 5.53. The summed E-state index contributed by atoms with van der Waals surface area (Å²) < 4.78 is 7.23. The summed E-state index contributed by atoms with van der Waals surface area (Å²) in [6, 6.07) is 14.5. The van der Waals surface area contributed by atoms with Crippen LogP contribution in [0.25, 0.3) is 11.0 Å². The molecule has 0 radical (unpaired) electrons. The number of nitrogens with zero attached hydrogens (tertiary/aromatic N) is 3. The van der Waals surface area contributed by atoms with Crippen molar-refractivity contribution < 1.29 is 14.6 Å². The second kappa shape index (κ2) is 7.23. The van der Waals surface area contributed by atoms with Gasteiger partial charge in [-0.3, -0.25) is 4.79 Å². The molecular weight excluding hydrogens is 306 g/mol. The van der Waals surface area contributed by atoms with Crippen molar-refractivity contribution in [2.75, 3.05) is 6.61 Å². The average Bonchev–Trinajstić information content (AvgIpc) is 3.03. The van der Waals surface area contributed by atoms with Crippen molar-refractivity contribution in [3.05, 3.63) is 54.1 Å². The van der Waals surface area contributed by atoms with E-state index < -0.39 is 6.10 Å². The highest BCUT2D eigenvalue weighted by Crippen LogP contribution is 2.14. The van der Waals surface area contributed by atoms with Gasteiger partial charge in [0, 0.05) is 12.0 Å². The van der Waals surface area contributed by atoms with Crippen molar-refractivity contribution >= 4 is 16.8 Å². The second-order valence-electron chi connectivity index (χ2n) is 5.53. The van der Waals surface area contributed by atoms with E-state index in [2.05, 4.69) is 10.3 Å². The third-order valence-corrected chi connectivity index (χ3v) is 3.74. The van der Waals surface area contributed by atoms with E-state index in [9.17, 15) is 9.90 Å². The number of Topliss-reactive ketones (excluding diaryl/α,β-unsaturated/α-hetero) is 1. The van der Waals surface area contributed by atoms with Crippen LogP contribution in [0.4, 0.5) is 0 Å². The highest BCUT2D eigenvalue weighted by Gasteiger charge is 2.11. The number of benzene rings is 2. The topological polar surface area (TPSA) is 77.2 Å². The van der Waals surface area contributed by atoms with E-state index in [-0.39, 0.29) is 12.4 Å². The Kier molecular flexibility index (Phi) is 4.86. The summed E-state index contributed by atoms with van der Waals surface area (Å²) >= 11 is 0. The molecule has 0 amide bonds. The molecule has 3 rings (SSSR count). The Morgan fingerprint density at radius 1 is 1.21 bits per heavy atom. The molecule has 124 valence electrons. The summed E-state index contributed by atoms with van der Waals surface area (Å²) in [4.78, 5) is 11.6. The predicted molar refractivity (Wildman–Crippen MR) is 90.1 cm³/mol.